The fourth-order valence-corrected chi connectivity index (χ4v) is 4.13. The van der Waals surface area contributed by atoms with Crippen LogP contribution in [0.1, 0.15) is 19.8 Å². The van der Waals surface area contributed by atoms with Crippen molar-refractivity contribution in [2.45, 2.75) is 43.7 Å². The SMILES string of the molecule is COCCn1c(SCC(=O)N(CC(F)(F)F)[C@H](C)C2CC2)nnc1-c1ccccc1. The van der Waals surface area contributed by atoms with Crippen LogP contribution in [-0.4, -0.2) is 63.8 Å². The maximum absolute atomic E-state index is 13.0. The van der Waals surface area contributed by atoms with Crippen molar-refractivity contribution < 1.29 is 22.7 Å². The van der Waals surface area contributed by atoms with Crippen LogP contribution in [-0.2, 0) is 16.1 Å². The summed E-state index contributed by atoms with van der Waals surface area (Å²) in [5.41, 5.74) is 0.861. The zero-order valence-corrected chi connectivity index (χ0v) is 17.7. The van der Waals surface area contributed by atoms with Gasteiger partial charge in [-0.3, -0.25) is 9.36 Å². The summed E-state index contributed by atoms with van der Waals surface area (Å²) in [7, 11) is 1.58. The van der Waals surface area contributed by atoms with E-state index in [1.54, 1.807) is 14.0 Å². The number of rotatable bonds is 10. The quantitative estimate of drug-likeness (QED) is 0.523. The first-order chi connectivity index (χ1) is 14.3. The van der Waals surface area contributed by atoms with Crippen LogP contribution in [0.5, 0.6) is 0 Å². The minimum absolute atomic E-state index is 0.132. The highest BCUT2D eigenvalue weighted by atomic mass is 32.2. The Kier molecular flexibility index (Phi) is 7.41. The van der Waals surface area contributed by atoms with Crippen LogP contribution in [0, 0.1) is 5.92 Å². The maximum Gasteiger partial charge on any atom is 0.406 e. The lowest BCUT2D eigenvalue weighted by Gasteiger charge is -2.30. The molecule has 0 aliphatic heterocycles. The number of carbonyl (C=O) groups is 1. The second-order valence-corrected chi connectivity index (χ2v) is 8.26. The van der Waals surface area contributed by atoms with Gasteiger partial charge >= 0.3 is 6.18 Å². The Labute approximate surface area is 177 Å². The Bertz CT molecular complexity index is 840. The number of benzene rings is 1. The fourth-order valence-electron chi connectivity index (χ4n) is 3.28. The van der Waals surface area contributed by atoms with Crippen molar-refractivity contribution in [3.8, 4) is 11.4 Å². The molecular formula is C20H25F3N4O2S. The molecule has 0 saturated heterocycles. The van der Waals surface area contributed by atoms with Gasteiger partial charge in [0, 0.05) is 18.7 Å². The average Bonchev–Trinajstić information content (AvgIpc) is 3.49. The Hall–Kier alpha value is -2.07. The molecule has 1 saturated carbocycles. The van der Waals surface area contributed by atoms with E-state index >= 15 is 0 Å². The van der Waals surface area contributed by atoms with Crippen LogP contribution in [0.4, 0.5) is 13.2 Å². The second kappa shape index (κ2) is 9.82. The topological polar surface area (TPSA) is 60.2 Å². The largest absolute Gasteiger partial charge is 0.406 e. The van der Waals surface area contributed by atoms with E-state index in [1.807, 2.05) is 34.9 Å². The molecule has 0 unspecified atom stereocenters. The van der Waals surface area contributed by atoms with E-state index in [2.05, 4.69) is 10.2 Å². The molecule has 2 aromatic rings. The smallest absolute Gasteiger partial charge is 0.383 e. The predicted octanol–water partition coefficient (Wildman–Crippen LogP) is 3.87. The molecule has 0 bridgehead atoms. The molecule has 1 heterocycles. The minimum atomic E-state index is -4.43. The van der Waals surface area contributed by atoms with E-state index in [0.29, 0.717) is 24.1 Å². The van der Waals surface area contributed by atoms with Gasteiger partial charge in [-0.15, -0.1) is 10.2 Å². The van der Waals surface area contributed by atoms with Gasteiger partial charge in [-0.2, -0.15) is 13.2 Å². The van der Waals surface area contributed by atoms with Crippen LogP contribution in [0.25, 0.3) is 11.4 Å². The van der Waals surface area contributed by atoms with Crippen LogP contribution < -0.4 is 0 Å². The van der Waals surface area contributed by atoms with Gasteiger partial charge in [-0.1, -0.05) is 42.1 Å². The highest BCUT2D eigenvalue weighted by Gasteiger charge is 2.40. The first kappa shape index (κ1) is 22.6. The molecular weight excluding hydrogens is 417 g/mol. The van der Waals surface area contributed by atoms with Gasteiger partial charge in [-0.25, -0.2) is 0 Å². The molecule has 1 fully saturated rings. The number of hydrogen-bond donors (Lipinski definition) is 0. The van der Waals surface area contributed by atoms with E-state index in [4.69, 9.17) is 4.74 Å². The summed E-state index contributed by atoms with van der Waals surface area (Å²) < 4.78 is 46.1. The Balaban J connectivity index is 1.74. The van der Waals surface area contributed by atoms with Gasteiger partial charge in [-0.05, 0) is 25.7 Å². The van der Waals surface area contributed by atoms with E-state index in [1.165, 1.54) is 0 Å². The van der Waals surface area contributed by atoms with Gasteiger partial charge in [0.1, 0.15) is 6.54 Å². The van der Waals surface area contributed by atoms with E-state index in [-0.39, 0.29) is 11.7 Å². The summed E-state index contributed by atoms with van der Waals surface area (Å²) >= 11 is 1.10. The van der Waals surface area contributed by atoms with Crippen molar-refractivity contribution in [3.05, 3.63) is 30.3 Å². The van der Waals surface area contributed by atoms with Gasteiger partial charge in [0.2, 0.25) is 5.91 Å². The van der Waals surface area contributed by atoms with Crippen molar-refractivity contribution in [2.75, 3.05) is 26.0 Å². The van der Waals surface area contributed by atoms with Gasteiger partial charge in [0.25, 0.3) is 0 Å². The lowest BCUT2D eigenvalue weighted by Crippen LogP contribution is -2.46. The average molecular weight is 443 g/mol. The normalized spacial score (nSPS) is 15.2. The zero-order valence-electron chi connectivity index (χ0n) is 16.9. The Morgan fingerprint density at radius 3 is 2.60 bits per heavy atom. The van der Waals surface area contributed by atoms with Gasteiger partial charge < -0.3 is 9.64 Å². The Morgan fingerprint density at radius 1 is 1.30 bits per heavy atom. The molecule has 1 atom stereocenters. The van der Waals surface area contributed by atoms with Gasteiger partial charge in [0.15, 0.2) is 11.0 Å². The number of thioether (sulfide) groups is 1. The summed E-state index contributed by atoms with van der Waals surface area (Å²) in [6.45, 7) is 1.35. The third-order valence-electron chi connectivity index (χ3n) is 5.06. The minimum Gasteiger partial charge on any atom is -0.383 e. The molecule has 0 spiro atoms. The number of nitrogens with zero attached hydrogens (tertiary/aromatic N) is 4. The molecule has 0 N–H and O–H groups in total. The van der Waals surface area contributed by atoms with Gasteiger partial charge in [0.05, 0.1) is 18.9 Å². The van der Waals surface area contributed by atoms with Crippen molar-refractivity contribution >= 4 is 17.7 Å². The number of amides is 1. The molecule has 1 amide bonds. The number of alkyl halides is 3. The van der Waals surface area contributed by atoms with E-state index < -0.39 is 24.7 Å². The number of hydrogen-bond acceptors (Lipinski definition) is 5. The van der Waals surface area contributed by atoms with Crippen LogP contribution in [0.3, 0.4) is 0 Å². The second-order valence-electron chi connectivity index (χ2n) is 7.32. The Morgan fingerprint density at radius 2 is 2.00 bits per heavy atom. The van der Waals surface area contributed by atoms with Crippen molar-refractivity contribution in [1.82, 2.24) is 19.7 Å². The lowest BCUT2D eigenvalue weighted by atomic mass is 10.2. The molecule has 30 heavy (non-hydrogen) atoms. The summed E-state index contributed by atoms with van der Waals surface area (Å²) in [6, 6.07) is 9.03. The van der Waals surface area contributed by atoms with Crippen LogP contribution >= 0.6 is 11.8 Å². The summed E-state index contributed by atoms with van der Waals surface area (Å²) in [5, 5.41) is 8.87. The third-order valence-corrected chi connectivity index (χ3v) is 6.01. The van der Waals surface area contributed by atoms with E-state index in [9.17, 15) is 18.0 Å². The highest BCUT2D eigenvalue weighted by Crippen LogP contribution is 2.36. The van der Waals surface area contributed by atoms with Crippen LogP contribution in [0.15, 0.2) is 35.5 Å². The molecule has 1 aromatic heterocycles. The summed E-state index contributed by atoms with van der Waals surface area (Å²) in [4.78, 5) is 13.7. The first-order valence-electron chi connectivity index (χ1n) is 9.76. The maximum atomic E-state index is 13.0. The molecule has 1 aliphatic carbocycles. The van der Waals surface area contributed by atoms with Crippen molar-refractivity contribution in [3.63, 3.8) is 0 Å². The number of halogens is 3. The van der Waals surface area contributed by atoms with Crippen molar-refractivity contribution in [2.24, 2.45) is 5.92 Å². The molecule has 164 valence electrons. The number of ether oxygens (including phenoxy) is 1. The molecule has 10 heteroatoms. The summed E-state index contributed by atoms with van der Waals surface area (Å²) in [6.07, 6.45) is -2.70. The number of methoxy groups -OCH3 is 1. The molecule has 1 aromatic carbocycles. The predicted molar refractivity (Wildman–Crippen MR) is 108 cm³/mol. The van der Waals surface area contributed by atoms with Crippen LogP contribution in [0.2, 0.25) is 0 Å². The molecule has 6 nitrogen and oxygen atoms in total. The monoisotopic (exact) mass is 442 g/mol. The molecule has 1 aliphatic rings. The zero-order chi connectivity index (χ0) is 21.7. The number of aromatic nitrogens is 3. The third kappa shape index (κ3) is 5.98. The lowest BCUT2D eigenvalue weighted by molar-refractivity contribution is -0.164. The number of carbonyl (C=O) groups excluding carboxylic acids is 1. The molecule has 3 rings (SSSR count). The highest BCUT2D eigenvalue weighted by molar-refractivity contribution is 7.99. The molecule has 0 radical (unpaired) electrons. The first-order valence-corrected chi connectivity index (χ1v) is 10.8. The van der Waals surface area contributed by atoms with E-state index in [0.717, 1.165) is 35.1 Å². The fraction of sp³-hybridized carbons (Fsp3) is 0.550. The van der Waals surface area contributed by atoms with Crippen molar-refractivity contribution in [1.29, 1.82) is 0 Å². The standard InChI is InChI=1S/C20H25F3N4O2S/c1-14(15-8-9-15)27(13-20(21,22)23)17(28)12-30-19-25-24-18(26(19)10-11-29-2)16-6-4-3-5-7-16/h3-7,14-15H,8-13H2,1-2H3/t14-/m1/s1. The summed E-state index contributed by atoms with van der Waals surface area (Å²) in [5.74, 6) is 0.101.